The van der Waals surface area contributed by atoms with Gasteiger partial charge >= 0.3 is 0 Å². The Morgan fingerprint density at radius 3 is 2.76 bits per heavy atom. The number of nitrogens with one attached hydrogen (secondary N) is 2. The molecular formula is C13H20N2OS. The SMILES string of the molecule is CSCC(C)NCC(=O)Nc1ccccc1C. The largest absolute Gasteiger partial charge is 0.325 e. The van der Waals surface area contributed by atoms with Gasteiger partial charge in [0, 0.05) is 17.5 Å². The van der Waals surface area contributed by atoms with Crippen LogP contribution in [-0.4, -0.2) is 30.5 Å². The number of carbonyl (C=O) groups excluding carboxylic acids is 1. The summed E-state index contributed by atoms with van der Waals surface area (Å²) in [6, 6.07) is 8.14. The van der Waals surface area contributed by atoms with E-state index >= 15 is 0 Å². The second kappa shape index (κ2) is 7.35. The fraction of sp³-hybridized carbons (Fsp3) is 0.462. The van der Waals surface area contributed by atoms with E-state index in [9.17, 15) is 4.79 Å². The highest BCUT2D eigenvalue weighted by Gasteiger charge is 2.06. The molecule has 1 rings (SSSR count). The van der Waals surface area contributed by atoms with Crippen LogP contribution in [0.1, 0.15) is 12.5 Å². The standard InChI is InChI=1S/C13H20N2OS/c1-10-6-4-5-7-12(10)15-13(16)8-14-11(2)9-17-3/h4-7,11,14H,8-9H2,1-3H3,(H,15,16). The molecule has 17 heavy (non-hydrogen) atoms. The van der Waals surface area contributed by atoms with E-state index in [1.54, 1.807) is 11.8 Å². The molecule has 1 unspecified atom stereocenters. The van der Waals surface area contributed by atoms with E-state index in [4.69, 9.17) is 0 Å². The van der Waals surface area contributed by atoms with Crippen molar-refractivity contribution in [2.75, 3.05) is 23.9 Å². The number of anilines is 1. The summed E-state index contributed by atoms with van der Waals surface area (Å²) in [4.78, 5) is 11.7. The molecule has 0 aliphatic rings. The van der Waals surface area contributed by atoms with E-state index in [-0.39, 0.29) is 5.91 Å². The highest BCUT2D eigenvalue weighted by molar-refractivity contribution is 7.98. The van der Waals surface area contributed by atoms with Crippen molar-refractivity contribution in [3.05, 3.63) is 29.8 Å². The zero-order chi connectivity index (χ0) is 12.7. The lowest BCUT2D eigenvalue weighted by Gasteiger charge is -2.13. The topological polar surface area (TPSA) is 41.1 Å². The van der Waals surface area contributed by atoms with E-state index in [2.05, 4.69) is 23.8 Å². The molecule has 0 heterocycles. The summed E-state index contributed by atoms with van der Waals surface area (Å²) in [6.45, 7) is 4.42. The van der Waals surface area contributed by atoms with Crippen LogP contribution in [-0.2, 0) is 4.79 Å². The third-order valence-electron chi connectivity index (χ3n) is 2.45. The Morgan fingerprint density at radius 2 is 2.12 bits per heavy atom. The molecular weight excluding hydrogens is 232 g/mol. The summed E-state index contributed by atoms with van der Waals surface area (Å²) in [5, 5.41) is 6.09. The van der Waals surface area contributed by atoms with Gasteiger partial charge in [-0.15, -0.1) is 0 Å². The molecule has 4 heteroatoms. The molecule has 2 N–H and O–H groups in total. The number of benzene rings is 1. The minimum Gasteiger partial charge on any atom is -0.325 e. The quantitative estimate of drug-likeness (QED) is 0.816. The number of aryl methyl sites for hydroxylation is 1. The van der Waals surface area contributed by atoms with Crippen molar-refractivity contribution in [1.82, 2.24) is 5.32 Å². The van der Waals surface area contributed by atoms with Gasteiger partial charge < -0.3 is 10.6 Å². The van der Waals surface area contributed by atoms with Crippen LogP contribution >= 0.6 is 11.8 Å². The maximum absolute atomic E-state index is 11.7. The third kappa shape index (κ3) is 5.24. The summed E-state index contributed by atoms with van der Waals surface area (Å²) in [5.74, 6) is 1.02. The summed E-state index contributed by atoms with van der Waals surface area (Å²) < 4.78 is 0. The maximum atomic E-state index is 11.7. The highest BCUT2D eigenvalue weighted by Crippen LogP contribution is 2.12. The second-order valence-electron chi connectivity index (χ2n) is 4.10. The molecule has 1 aromatic carbocycles. The Hall–Kier alpha value is -1.00. The van der Waals surface area contributed by atoms with Gasteiger partial charge in [0.2, 0.25) is 5.91 Å². The van der Waals surface area contributed by atoms with Gasteiger partial charge in [0.1, 0.15) is 0 Å². The average molecular weight is 252 g/mol. The Balaban J connectivity index is 2.37. The molecule has 0 bridgehead atoms. The van der Waals surface area contributed by atoms with Gasteiger partial charge in [-0.25, -0.2) is 0 Å². The molecule has 3 nitrogen and oxygen atoms in total. The summed E-state index contributed by atoms with van der Waals surface area (Å²) >= 11 is 1.77. The molecule has 0 saturated heterocycles. The minimum absolute atomic E-state index is 0.00672. The van der Waals surface area contributed by atoms with Crippen LogP contribution in [0.15, 0.2) is 24.3 Å². The minimum atomic E-state index is 0.00672. The molecule has 0 aromatic heterocycles. The van der Waals surface area contributed by atoms with Gasteiger partial charge in [-0.2, -0.15) is 11.8 Å². The first kappa shape index (κ1) is 14.1. The Bertz CT molecular complexity index is 368. The molecule has 0 spiro atoms. The van der Waals surface area contributed by atoms with Gasteiger partial charge in [-0.05, 0) is 31.7 Å². The summed E-state index contributed by atoms with van der Waals surface area (Å²) in [5.41, 5.74) is 1.97. The third-order valence-corrected chi connectivity index (χ3v) is 3.28. The molecule has 0 aliphatic heterocycles. The van der Waals surface area contributed by atoms with E-state index in [0.717, 1.165) is 17.0 Å². The fourth-order valence-electron chi connectivity index (χ4n) is 1.48. The number of carbonyl (C=O) groups is 1. The van der Waals surface area contributed by atoms with Crippen LogP contribution in [0.2, 0.25) is 0 Å². The zero-order valence-electron chi connectivity index (χ0n) is 10.6. The number of para-hydroxylation sites is 1. The predicted molar refractivity (Wildman–Crippen MR) is 75.7 cm³/mol. The van der Waals surface area contributed by atoms with E-state index < -0.39 is 0 Å². The normalized spacial score (nSPS) is 12.2. The summed E-state index contributed by atoms with van der Waals surface area (Å²) in [6.07, 6.45) is 2.06. The number of hydrogen-bond acceptors (Lipinski definition) is 3. The van der Waals surface area contributed by atoms with Crippen LogP contribution in [0.5, 0.6) is 0 Å². The summed E-state index contributed by atoms with van der Waals surface area (Å²) in [7, 11) is 0. The smallest absolute Gasteiger partial charge is 0.238 e. The number of thioether (sulfide) groups is 1. The second-order valence-corrected chi connectivity index (χ2v) is 5.01. The Kier molecular flexibility index (Phi) is 6.08. The van der Waals surface area contributed by atoms with Crippen molar-refractivity contribution in [2.24, 2.45) is 0 Å². The molecule has 0 fully saturated rings. The lowest BCUT2D eigenvalue weighted by molar-refractivity contribution is -0.115. The van der Waals surface area contributed by atoms with Crippen LogP contribution in [0.3, 0.4) is 0 Å². The lowest BCUT2D eigenvalue weighted by atomic mass is 10.2. The van der Waals surface area contributed by atoms with Crippen molar-refractivity contribution in [1.29, 1.82) is 0 Å². The first-order valence-corrected chi connectivity index (χ1v) is 7.10. The van der Waals surface area contributed by atoms with E-state index in [0.29, 0.717) is 12.6 Å². The highest BCUT2D eigenvalue weighted by atomic mass is 32.2. The van der Waals surface area contributed by atoms with Gasteiger partial charge in [-0.3, -0.25) is 4.79 Å². The Labute approximate surface area is 107 Å². The van der Waals surface area contributed by atoms with Gasteiger partial charge in [0.25, 0.3) is 0 Å². The maximum Gasteiger partial charge on any atom is 0.238 e. The molecule has 1 amide bonds. The molecule has 1 aromatic rings. The van der Waals surface area contributed by atoms with Crippen molar-refractivity contribution in [3.8, 4) is 0 Å². The number of hydrogen-bond donors (Lipinski definition) is 2. The first-order valence-electron chi connectivity index (χ1n) is 5.71. The lowest BCUT2D eigenvalue weighted by Crippen LogP contribution is -2.35. The van der Waals surface area contributed by atoms with Crippen LogP contribution < -0.4 is 10.6 Å². The molecule has 0 aliphatic carbocycles. The van der Waals surface area contributed by atoms with Gasteiger partial charge in [-0.1, -0.05) is 18.2 Å². The zero-order valence-corrected chi connectivity index (χ0v) is 11.4. The van der Waals surface area contributed by atoms with Gasteiger partial charge in [0.15, 0.2) is 0 Å². The fourth-order valence-corrected chi connectivity index (χ4v) is 2.10. The first-order chi connectivity index (χ1) is 8.13. The van der Waals surface area contributed by atoms with Gasteiger partial charge in [0.05, 0.1) is 6.54 Å². The Morgan fingerprint density at radius 1 is 1.41 bits per heavy atom. The van der Waals surface area contributed by atoms with Crippen molar-refractivity contribution in [2.45, 2.75) is 19.9 Å². The number of rotatable bonds is 6. The molecule has 1 atom stereocenters. The van der Waals surface area contributed by atoms with Crippen LogP contribution in [0.25, 0.3) is 0 Å². The van der Waals surface area contributed by atoms with Crippen molar-refractivity contribution >= 4 is 23.4 Å². The van der Waals surface area contributed by atoms with Crippen molar-refractivity contribution < 1.29 is 4.79 Å². The molecule has 0 radical (unpaired) electrons. The van der Waals surface area contributed by atoms with Crippen molar-refractivity contribution in [3.63, 3.8) is 0 Å². The monoisotopic (exact) mass is 252 g/mol. The van der Waals surface area contributed by atoms with Crippen LogP contribution in [0, 0.1) is 6.92 Å². The number of amides is 1. The van der Waals surface area contributed by atoms with E-state index in [1.807, 2.05) is 31.2 Å². The van der Waals surface area contributed by atoms with Crippen LogP contribution in [0.4, 0.5) is 5.69 Å². The average Bonchev–Trinajstić information content (AvgIpc) is 2.30. The molecule has 0 saturated carbocycles. The molecule has 94 valence electrons. The predicted octanol–water partition coefficient (Wildman–Crippen LogP) is 2.27. The van der Waals surface area contributed by atoms with E-state index in [1.165, 1.54) is 0 Å².